The first-order valence-electron chi connectivity index (χ1n) is 7.32. The van der Waals surface area contributed by atoms with E-state index in [2.05, 4.69) is 44.9 Å². The van der Waals surface area contributed by atoms with Gasteiger partial charge in [-0.15, -0.1) is 0 Å². The third-order valence-electron chi connectivity index (χ3n) is 3.65. The summed E-state index contributed by atoms with van der Waals surface area (Å²) < 4.78 is 8.88. The fourth-order valence-corrected chi connectivity index (χ4v) is 3.23. The Kier molecular flexibility index (Phi) is 5.85. The number of ether oxygens (including phenoxy) is 1. The van der Waals surface area contributed by atoms with Gasteiger partial charge in [0.15, 0.2) is 0 Å². The molecule has 4 nitrogen and oxygen atoms in total. The highest BCUT2D eigenvalue weighted by Crippen LogP contribution is 2.22. The van der Waals surface area contributed by atoms with Crippen molar-refractivity contribution in [2.45, 2.75) is 58.7 Å². The molecule has 0 bridgehead atoms. The zero-order chi connectivity index (χ0) is 13.7. The van der Waals surface area contributed by atoms with Crippen molar-refractivity contribution in [1.29, 1.82) is 0 Å². The molecule has 19 heavy (non-hydrogen) atoms. The quantitative estimate of drug-likeness (QED) is 0.782. The number of hydrogen-bond acceptors (Lipinski definition) is 3. The van der Waals surface area contributed by atoms with E-state index in [9.17, 15) is 0 Å². The third kappa shape index (κ3) is 3.80. The highest BCUT2D eigenvalue weighted by Gasteiger charge is 2.16. The standard InChI is InChI=1S/C14H24BrN3O/c1-3-12-14(15)13(18(4-2)17-12)10-16-8-7-11-6-5-9-19-11/h11,16H,3-10H2,1-2H3. The Balaban J connectivity index is 1.82. The molecule has 1 aromatic rings. The normalized spacial score (nSPS) is 19.2. The predicted molar refractivity (Wildman–Crippen MR) is 80.3 cm³/mol. The van der Waals surface area contributed by atoms with Crippen molar-refractivity contribution in [3.63, 3.8) is 0 Å². The zero-order valence-corrected chi connectivity index (χ0v) is 13.5. The molecule has 1 aromatic heterocycles. The molecule has 1 fully saturated rings. The minimum Gasteiger partial charge on any atom is -0.378 e. The van der Waals surface area contributed by atoms with Crippen LogP contribution in [-0.2, 0) is 24.2 Å². The van der Waals surface area contributed by atoms with Crippen molar-refractivity contribution >= 4 is 15.9 Å². The third-order valence-corrected chi connectivity index (χ3v) is 4.57. The Hall–Kier alpha value is -0.390. The molecule has 2 heterocycles. The van der Waals surface area contributed by atoms with Crippen LogP contribution in [0, 0.1) is 0 Å². The Morgan fingerprint density at radius 2 is 2.32 bits per heavy atom. The first kappa shape index (κ1) is 15.0. The predicted octanol–water partition coefficient (Wildman–Crippen LogP) is 2.89. The molecule has 0 aromatic carbocycles. The van der Waals surface area contributed by atoms with Crippen molar-refractivity contribution in [2.75, 3.05) is 13.2 Å². The summed E-state index contributed by atoms with van der Waals surface area (Å²) in [6.45, 7) is 8.01. The summed E-state index contributed by atoms with van der Waals surface area (Å²) in [4.78, 5) is 0. The van der Waals surface area contributed by atoms with Crippen LogP contribution in [-0.4, -0.2) is 29.0 Å². The second-order valence-corrected chi connectivity index (χ2v) is 5.77. The molecule has 1 aliphatic rings. The molecule has 1 atom stereocenters. The fraction of sp³-hybridized carbons (Fsp3) is 0.786. The monoisotopic (exact) mass is 329 g/mol. The van der Waals surface area contributed by atoms with Crippen molar-refractivity contribution in [3.8, 4) is 0 Å². The number of nitrogens with zero attached hydrogens (tertiary/aromatic N) is 2. The number of hydrogen-bond donors (Lipinski definition) is 1. The first-order chi connectivity index (χ1) is 9.26. The molecule has 0 saturated carbocycles. The Labute approximate surface area is 124 Å². The van der Waals surface area contributed by atoms with Crippen molar-refractivity contribution in [1.82, 2.24) is 15.1 Å². The molecule has 1 unspecified atom stereocenters. The highest BCUT2D eigenvalue weighted by molar-refractivity contribution is 9.10. The van der Waals surface area contributed by atoms with E-state index in [-0.39, 0.29) is 0 Å². The molecule has 1 saturated heterocycles. The van der Waals surface area contributed by atoms with Crippen LogP contribution in [0.2, 0.25) is 0 Å². The molecule has 108 valence electrons. The Morgan fingerprint density at radius 3 is 2.95 bits per heavy atom. The van der Waals surface area contributed by atoms with Gasteiger partial charge in [0.25, 0.3) is 0 Å². The maximum atomic E-state index is 5.63. The van der Waals surface area contributed by atoms with Crippen LogP contribution in [0.25, 0.3) is 0 Å². The van der Waals surface area contributed by atoms with Gasteiger partial charge in [0.05, 0.1) is 22.0 Å². The molecule has 0 aliphatic carbocycles. The molecule has 5 heteroatoms. The average Bonchev–Trinajstić information content (AvgIpc) is 3.03. The minimum atomic E-state index is 0.471. The topological polar surface area (TPSA) is 39.1 Å². The molecule has 0 spiro atoms. The first-order valence-corrected chi connectivity index (χ1v) is 8.11. The Morgan fingerprint density at radius 1 is 1.47 bits per heavy atom. The molecule has 0 radical (unpaired) electrons. The van der Waals surface area contributed by atoms with E-state index in [1.54, 1.807) is 0 Å². The summed E-state index contributed by atoms with van der Waals surface area (Å²) in [6, 6.07) is 0. The van der Waals surface area contributed by atoms with Crippen LogP contribution in [0.1, 0.15) is 44.5 Å². The Bertz CT molecular complexity index is 400. The largest absolute Gasteiger partial charge is 0.378 e. The molecule has 2 rings (SSSR count). The lowest BCUT2D eigenvalue weighted by molar-refractivity contribution is 0.104. The molecular weight excluding hydrogens is 306 g/mol. The number of rotatable bonds is 7. The number of aromatic nitrogens is 2. The van der Waals surface area contributed by atoms with Crippen LogP contribution in [0.15, 0.2) is 4.47 Å². The zero-order valence-electron chi connectivity index (χ0n) is 11.9. The van der Waals surface area contributed by atoms with Gasteiger partial charge in [0.2, 0.25) is 0 Å². The highest BCUT2D eigenvalue weighted by atomic mass is 79.9. The van der Waals surface area contributed by atoms with E-state index >= 15 is 0 Å². The van der Waals surface area contributed by atoms with E-state index in [4.69, 9.17) is 4.74 Å². The van der Waals surface area contributed by atoms with Gasteiger partial charge in [-0.25, -0.2) is 0 Å². The van der Waals surface area contributed by atoms with E-state index in [0.29, 0.717) is 6.10 Å². The van der Waals surface area contributed by atoms with E-state index in [0.717, 1.165) is 44.8 Å². The number of nitrogens with one attached hydrogen (secondary N) is 1. The summed E-state index contributed by atoms with van der Waals surface area (Å²) in [5.41, 5.74) is 2.41. The van der Waals surface area contributed by atoms with E-state index < -0.39 is 0 Å². The maximum absolute atomic E-state index is 5.63. The van der Waals surface area contributed by atoms with Gasteiger partial charge in [-0.2, -0.15) is 5.10 Å². The van der Waals surface area contributed by atoms with Gasteiger partial charge < -0.3 is 10.1 Å². The molecular formula is C14H24BrN3O. The van der Waals surface area contributed by atoms with Crippen LogP contribution in [0.3, 0.4) is 0 Å². The molecule has 0 amide bonds. The summed E-state index contributed by atoms with van der Waals surface area (Å²) in [5, 5.41) is 8.12. The summed E-state index contributed by atoms with van der Waals surface area (Å²) in [6.07, 6.45) is 4.99. The SMILES string of the molecule is CCc1nn(CC)c(CNCCC2CCCO2)c1Br. The second kappa shape index (κ2) is 7.41. The van der Waals surface area contributed by atoms with Gasteiger partial charge in [0.1, 0.15) is 0 Å². The fourth-order valence-electron chi connectivity index (χ4n) is 2.53. The van der Waals surface area contributed by atoms with Crippen LogP contribution >= 0.6 is 15.9 Å². The number of halogens is 1. The van der Waals surface area contributed by atoms with Gasteiger partial charge in [-0.3, -0.25) is 4.68 Å². The van der Waals surface area contributed by atoms with Crippen molar-refractivity contribution < 1.29 is 4.74 Å². The summed E-state index contributed by atoms with van der Waals surface area (Å²) in [5.74, 6) is 0. The lowest BCUT2D eigenvalue weighted by Crippen LogP contribution is -2.21. The molecule has 1 N–H and O–H groups in total. The maximum Gasteiger partial charge on any atom is 0.0767 e. The minimum absolute atomic E-state index is 0.471. The average molecular weight is 330 g/mol. The number of aryl methyl sites for hydroxylation is 2. The van der Waals surface area contributed by atoms with Gasteiger partial charge in [0, 0.05) is 19.7 Å². The van der Waals surface area contributed by atoms with Crippen LogP contribution in [0.4, 0.5) is 0 Å². The van der Waals surface area contributed by atoms with Gasteiger partial charge in [-0.05, 0) is 55.1 Å². The lowest BCUT2D eigenvalue weighted by atomic mass is 10.2. The van der Waals surface area contributed by atoms with Crippen molar-refractivity contribution in [3.05, 3.63) is 15.9 Å². The van der Waals surface area contributed by atoms with Gasteiger partial charge >= 0.3 is 0 Å². The summed E-state index contributed by atoms with van der Waals surface area (Å²) in [7, 11) is 0. The molecule has 1 aliphatic heterocycles. The van der Waals surface area contributed by atoms with Crippen molar-refractivity contribution in [2.24, 2.45) is 0 Å². The second-order valence-electron chi connectivity index (χ2n) is 4.98. The van der Waals surface area contributed by atoms with E-state index in [1.807, 2.05) is 0 Å². The van der Waals surface area contributed by atoms with Gasteiger partial charge in [-0.1, -0.05) is 6.92 Å². The smallest absolute Gasteiger partial charge is 0.0767 e. The lowest BCUT2D eigenvalue weighted by Gasteiger charge is -2.11. The van der Waals surface area contributed by atoms with E-state index in [1.165, 1.54) is 23.0 Å². The summed E-state index contributed by atoms with van der Waals surface area (Å²) >= 11 is 3.67. The van der Waals surface area contributed by atoms with Crippen LogP contribution in [0.5, 0.6) is 0 Å². The van der Waals surface area contributed by atoms with Crippen LogP contribution < -0.4 is 5.32 Å².